The third-order valence-corrected chi connectivity index (χ3v) is 3.82. The maximum absolute atomic E-state index is 11.7. The summed E-state index contributed by atoms with van der Waals surface area (Å²) in [6.07, 6.45) is 4.96. The minimum Gasteiger partial charge on any atom is -0.354 e. The molecule has 1 aliphatic carbocycles. The Bertz CT molecular complexity index is 222. The molecule has 1 aliphatic rings. The third-order valence-electron chi connectivity index (χ3n) is 3.82. The number of hydrogen-bond donors (Lipinski definition) is 2. The van der Waals surface area contributed by atoms with Gasteiger partial charge in [-0.25, -0.2) is 0 Å². The van der Waals surface area contributed by atoms with Crippen molar-refractivity contribution in [1.29, 1.82) is 0 Å². The number of carbonyl (C=O) groups excluding carboxylic acids is 1. The van der Waals surface area contributed by atoms with E-state index in [1.807, 2.05) is 13.8 Å². The minimum absolute atomic E-state index is 0. The molecule has 4 heteroatoms. The fraction of sp³-hybridized carbons (Fsp3) is 0.917. The van der Waals surface area contributed by atoms with E-state index in [9.17, 15) is 4.79 Å². The lowest BCUT2D eigenvalue weighted by molar-refractivity contribution is -0.124. The molecule has 0 aliphatic heterocycles. The molecule has 0 saturated heterocycles. The Balaban J connectivity index is 0.00000225. The highest BCUT2D eigenvalue weighted by Crippen LogP contribution is 2.42. The van der Waals surface area contributed by atoms with Gasteiger partial charge in [-0.3, -0.25) is 4.79 Å². The van der Waals surface area contributed by atoms with Crippen molar-refractivity contribution < 1.29 is 4.79 Å². The van der Waals surface area contributed by atoms with Crippen LogP contribution in [0.3, 0.4) is 0 Å². The van der Waals surface area contributed by atoms with Gasteiger partial charge >= 0.3 is 0 Å². The van der Waals surface area contributed by atoms with Crippen LogP contribution in [0.25, 0.3) is 0 Å². The summed E-state index contributed by atoms with van der Waals surface area (Å²) < 4.78 is 0. The number of nitrogens with one attached hydrogen (secondary N) is 1. The van der Waals surface area contributed by atoms with Crippen LogP contribution < -0.4 is 11.1 Å². The molecule has 0 heterocycles. The highest BCUT2D eigenvalue weighted by molar-refractivity contribution is 5.85. The lowest BCUT2D eigenvalue weighted by Crippen LogP contribution is -2.49. The van der Waals surface area contributed by atoms with Gasteiger partial charge in [-0.15, -0.1) is 12.4 Å². The van der Waals surface area contributed by atoms with Crippen molar-refractivity contribution in [3.8, 4) is 0 Å². The summed E-state index contributed by atoms with van der Waals surface area (Å²) in [4.78, 5) is 11.7. The van der Waals surface area contributed by atoms with Crippen LogP contribution >= 0.6 is 12.4 Å². The summed E-state index contributed by atoms with van der Waals surface area (Å²) in [5, 5.41) is 2.99. The van der Waals surface area contributed by atoms with E-state index in [0.717, 1.165) is 13.0 Å². The highest BCUT2D eigenvalue weighted by atomic mass is 35.5. The van der Waals surface area contributed by atoms with E-state index in [4.69, 9.17) is 5.73 Å². The second-order valence-electron chi connectivity index (χ2n) is 5.19. The van der Waals surface area contributed by atoms with E-state index < -0.39 is 0 Å². The molecule has 1 saturated carbocycles. The molecule has 0 radical (unpaired) electrons. The molecule has 96 valence electrons. The Morgan fingerprint density at radius 1 is 1.44 bits per heavy atom. The topological polar surface area (TPSA) is 55.1 Å². The molecule has 0 spiro atoms. The van der Waals surface area contributed by atoms with Crippen LogP contribution in [-0.4, -0.2) is 18.5 Å². The molecule has 1 fully saturated rings. The summed E-state index contributed by atoms with van der Waals surface area (Å²) in [6.45, 7) is 6.96. The van der Waals surface area contributed by atoms with Crippen molar-refractivity contribution in [1.82, 2.24) is 5.32 Å². The van der Waals surface area contributed by atoms with Crippen LogP contribution in [0.15, 0.2) is 0 Å². The second kappa shape index (κ2) is 6.45. The standard InChI is InChI=1S/C12H24N2O.ClH/c1-4-12(6-5-7-12)8-14-11(15)10(13)9(2)3;/h9-10H,4-8,13H2,1-3H3,(H,14,15);1H/t10-;/m1./s1. The van der Waals surface area contributed by atoms with Crippen molar-refractivity contribution in [2.45, 2.75) is 52.5 Å². The van der Waals surface area contributed by atoms with Gasteiger partial charge in [-0.1, -0.05) is 27.2 Å². The van der Waals surface area contributed by atoms with E-state index in [2.05, 4.69) is 12.2 Å². The van der Waals surface area contributed by atoms with Gasteiger partial charge in [0.15, 0.2) is 0 Å². The molecule has 0 aromatic heterocycles. The van der Waals surface area contributed by atoms with Crippen LogP contribution in [0.2, 0.25) is 0 Å². The van der Waals surface area contributed by atoms with Gasteiger partial charge in [0.2, 0.25) is 5.91 Å². The molecule has 1 rings (SSSR count). The highest BCUT2D eigenvalue weighted by Gasteiger charge is 2.35. The zero-order valence-electron chi connectivity index (χ0n) is 10.6. The van der Waals surface area contributed by atoms with E-state index >= 15 is 0 Å². The number of halogens is 1. The maximum Gasteiger partial charge on any atom is 0.237 e. The van der Waals surface area contributed by atoms with E-state index in [0.29, 0.717) is 5.41 Å². The molecule has 3 N–H and O–H groups in total. The maximum atomic E-state index is 11.7. The van der Waals surface area contributed by atoms with Gasteiger partial charge in [-0.05, 0) is 30.6 Å². The average Bonchev–Trinajstić information content (AvgIpc) is 2.15. The zero-order chi connectivity index (χ0) is 11.5. The van der Waals surface area contributed by atoms with E-state index in [-0.39, 0.29) is 30.3 Å². The fourth-order valence-electron chi connectivity index (χ4n) is 2.03. The van der Waals surface area contributed by atoms with Gasteiger partial charge in [0.05, 0.1) is 6.04 Å². The first-order valence-corrected chi connectivity index (χ1v) is 6.04. The van der Waals surface area contributed by atoms with Crippen LogP contribution in [0.4, 0.5) is 0 Å². The lowest BCUT2D eigenvalue weighted by atomic mass is 9.67. The van der Waals surface area contributed by atoms with E-state index in [1.54, 1.807) is 0 Å². The lowest BCUT2D eigenvalue weighted by Gasteiger charge is -2.41. The van der Waals surface area contributed by atoms with Gasteiger partial charge in [0.1, 0.15) is 0 Å². The van der Waals surface area contributed by atoms with Gasteiger partial charge in [-0.2, -0.15) is 0 Å². The normalized spacial score (nSPS) is 19.6. The van der Waals surface area contributed by atoms with Gasteiger partial charge in [0.25, 0.3) is 0 Å². The zero-order valence-corrected chi connectivity index (χ0v) is 11.4. The smallest absolute Gasteiger partial charge is 0.237 e. The Labute approximate surface area is 105 Å². The van der Waals surface area contributed by atoms with Crippen LogP contribution in [0.1, 0.15) is 46.5 Å². The quantitative estimate of drug-likeness (QED) is 0.783. The number of hydrogen-bond acceptors (Lipinski definition) is 2. The Hall–Kier alpha value is -0.280. The SMILES string of the molecule is CCC1(CNC(=O)[C@H](N)C(C)C)CCC1.Cl. The Morgan fingerprint density at radius 2 is 2.00 bits per heavy atom. The first-order valence-electron chi connectivity index (χ1n) is 6.04. The number of carbonyl (C=O) groups is 1. The van der Waals surface area contributed by atoms with Crippen molar-refractivity contribution in [3.63, 3.8) is 0 Å². The third kappa shape index (κ3) is 3.63. The number of nitrogens with two attached hydrogens (primary N) is 1. The fourth-order valence-corrected chi connectivity index (χ4v) is 2.03. The largest absolute Gasteiger partial charge is 0.354 e. The minimum atomic E-state index is -0.362. The summed E-state index contributed by atoms with van der Waals surface area (Å²) in [6, 6.07) is -0.362. The van der Waals surface area contributed by atoms with Crippen molar-refractivity contribution in [2.24, 2.45) is 17.1 Å². The van der Waals surface area contributed by atoms with Crippen molar-refractivity contribution in [2.75, 3.05) is 6.54 Å². The molecular formula is C12H25ClN2O. The first-order chi connectivity index (χ1) is 7.01. The summed E-state index contributed by atoms with van der Waals surface area (Å²) in [5.41, 5.74) is 6.16. The summed E-state index contributed by atoms with van der Waals surface area (Å²) in [5.74, 6) is 0.216. The number of amides is 1. The Morgan fingerprint density at radius 3 is 2.31 bits per heavy atom. The molecule has 3 nitrogen and oxygen atoms in total. The molecule has 0 bridgehead atoms. The summed E-state index contributed by atoms with van der Waals surface area (Å²) >= 11 is 0. The predicted molar refractivity (Wildman–Crippen MR) is 69.6 cm³/mol. The monoisotopic (exact) mass is 248 g/mol. The summed E-state index contributed by atoms with van der Waals surface area (Å²) in [7, 11) is 0. The number of rotatable bonds is 5. The van der Waals surface area contributed by atoms with Crippen LogP contribution in [-0.2, 0) is 4.79 Å². The van der Waals surface area contributed by atoms with Gasteiger partial charge in [0, 0.05) is 6.54 Å². The second-order valence-corrected chi connectivity index (χ2v) is 5.19. The molecule has 1 amide bonds. The molecular weight excluding hydrogens is 224 g/mol. The van der Waals surface area contributed by atoms with Crippen molar-refractivity contribution in [3.05, 3.63) is 0 Å². The van der Waals surface area contributed by atoms with Crippen molar-refractivity contribution >= 4 is 18.3 Å². The predicted octanol–water partition coefficient (Wildman–Crippen LogP) is 2.09. The van der Waals surface area contributed by atoms with E-state index in [1.165, 1.54) is 19.3 Å². The Kier molecular flexibility index (Phi) is 6.34. The molecule has 0 unspecified atom stereocenters. The molecule has 16 heavy (non-hydrogen) atoms. The molecule has 0 aromatic rings. The first kappa shape index (κ1) is 15.7. The van der Waals surface area contributed by atoms with Crippen LogP contribution in [0, 0.1) is 11.3 Å². The van der Waals surface area contributed by atoms with Crippen LogP contribution in [0.5, 0.6) is 0 Å². The molecule has 1 atom stereocenters. The van der Waals surface area contributed by atoms with Gasteiger partial charge < -0.3 is 11.1 Å². The average molecular weight is 249 g/mol. The molecule has 0 aromatic carbocycles.